The highest BCUT2D eigenvalue weighted by molar-refractivity contribution is 5.95. The number of carbonyl (C=O) groups excluding carboxylic acids is 1. The summed E-state index contributed by atoms with van der Waals surface area (Å²) in [5, 5.41) is 0. The van der Waals surface area contributed by atoms with Gasteiger partial charge in [0.05, 0.1) is 13.1 Å². The van der Waals surface area contributed by atoms with Crippen LogP contribution in [0.25, 0.3) is 0 Å². The van der Waals surface area contributed by atoms with E-state index in [0.717, 1.165) is 66.8 Å². The molecule has 8 heteroatoms. The first kappa shape index (κ1) is 20.8. The molecule has 32 heavy (non-hydrogen) atoms. The van der Waals surface area contributed by atoms with Crippen LogP contribution in [-0.2, 0) is 24.3 Å². The van der Waals surface area contributed by atoms with Gasteiger partial charge in [0, 0.05) is 42.5 Å². The highest BCUT2D eigenvalue weighted by Crippen LogP contribution is 2.33. The SMILES string of the molecule is Cc1nc(C2CCCN(Cc3ncc[nH]3)C2)nc2c1CCC(=O)N2Cc1ccc(F)cc1. The highest BCUT2D eigenvalue weighted by atomic mass is 19.1. The molecule has 3 aromatic rings. The van der Waals surface area contributed by atoms with Gasteiger partial charge < -0.3 is 4.98 Å². The Bertz CT molecular complexity index is 1100. The van der Waals surface area contributed by atoms with Crippen molar-refractivity contribution in [2.24, 2.45) is 0 Å². The molecule has 1 amide bonds. The predicted octanol–water partition coefficient (Wildman–Crippen LogP) is 3.51. The third-order valence-electron chi connectivity index (χ3n) is 6.41. The fourth-order valence-electron chi connectivity index (χ4n) is 4.73. The fourth-order valence-corrected chi connectivity index (χ4v) is 4.73. The van der Waals surface area contributed by atoms with E-state index in [1.165, 1.54) is 12.1 Å². The molecule has 4 heterocycles. The number of H-pyrrole nitrogens is 1. The first-order chi connectivity index (χ1) is 15.6. The number of anilines is 1. The van der Waals surface area contributed by atoms with E-state index >= 15 is 0 Å². The van der Waals surface area contributed by atoms with Crippen molar-refractivity contribution in [2.45, 2.75) is 51.6 Å². The number of fused-ring (bicyclic) bond motifs is 1. The molecule has 1 N–H and O–H groups in total. The summed E-state index contributed by atoms with van der Waals surface area (Å²) in [7, 11) is 0. The number of hydrogen-bond donors (Lipinski definition) is 1. The van der Waals surface area contributed by atoms with Gasteiger partial charge >= 0.3 is 0 Å². The number of nitrogens with zero attached hydrogens (tertiary/aromatic N) is 5. The summed E-state index contributed by atoms with van der Waals surface area (Å²) < 4.78 is 13.3. The Morgan fingerprint density at radius 3 is 2.78 bits per heavy atom. The Kier molecular flexibility index (Phi) is 5.70. The van der Waals surface area contributed by atoms with Gasteiger partial charge in [-0.05, 0) is 50.4 Å². The van der Waals surface area contributed by atoms with E-state index in [-0.39, 0.29) is 17.6 Å². The molecule has 0 bridgehead atoms. The molecule has 1 atom stereocenters. The molecule has 5 rings (SSSR count). The summed E-state index contributed by atoms with van der Waals surface area (Å²) in [5.41, 5.74) is 2.87. The van der Waals surface area contributed by atoms with Crippen molar-refractivity contribution >= 4 is 11.7 Å². The van der Waals surface area contributed by atoms with Crippen LogP contribution in [0.1, 0.15) is 53.7 Å². The van der Waals surface area contributed by atoms with E-state index in [4.69, 9.17) is 9.97 Å². The van der Waals surface area contributed by atoms with Crippen molar-refractivity contribution in [2.75, 3.05) is 18.0 Å². The van der Waals surface area contributed by atoms with E-state index in [1.54, 1.807) is 23.2 Å². The lowest BCUT2D eigenvalue weighted by atomic mass is 9.96. The lowest BCUT2D eigenvalue weighted by molar-refractivity contribution is -0.119. The van der Waals surface area contributed by atoms with E-state index < -0.39 is 0 Å². The number of nitrogens with one attached hydrogen (secondary N) is 1. The second kappa shape index (κ2) is 8.78. The Morgan fingerprint density at radius 1 is 1.16 bits per heavy atom. The summed E-state index contributed by atoms with van der Waals surface area (Å²) >= 11 is 0. The molecular weight excluding hydrogens is 407 g/mol. The van der Waals surface area contributed by atoms with E-state index in [0.29, 0.717) is 19.4 Å². The molecule has 166 valence electrons. The minimum atomic E-state index is -0.282. The van der Waals surface area contributed by atoms with Crippen molar-refractivity contribution in [3.05, 3.63) is 70.9 Å². The lowest BCUT2D eigenvalue weighted by Crippen LogP contribution is -2.38. The second-order valence-corrected chi connectivity index (χ2v) is 8.69. The standard InChI is InChI=1S/C24H27FN6O/c1-16-20-8-9-22(32)31(13-17-4-6-19(25)7-5-17)24(20)29-23(28-16)18-3-2-12-30(14-18)15-21-26-10-11-27-21/h4-7,10-11,18H,2-3,8-9,12-15H2,1H3,(H,26,27). The first-order valence-corrected chi connectivity index (χ1v) is 11.2. The van der Waals surface area contributed by atoms with Crippen LogP contribution in [0.15, 0.2) is 36.7 Å². The van der Waals surface area contributed by atoms with E-state index in [9.17, 15) is 9.18 Å². The number of hydrogen-bond acceptors (Lipinski definition) is 5. The molecule has 1 aromatic carbocycles. The van der Waals surface area contributed by atoms with Gasteiger partial charge in [-0.3, -0.25) is 14.6 Å². The van der Waals surface area contributed by atoms with Crippen molar-refractivity contribution in [3.8, 4) is 0 Å². The smallest absolute Gasteiger partial charge is 0.228 e. The maximum atomic E-state index is 13.3. The van der Waals surface area contributed by atoms with Crippen molar-refractivity contribution in [1.29, 1.82) is 0 Å². The average molecular weight is 435 g/mol. The molecule has 7 nitrogen and oxygen atoms in total. The largest absolute Gasteiger partial charge is 0.348 e. The topological polar surface area (TPSA) is 78.0 Å². The molecule has 2 aromatic heterocycles. The number of aryl methyl sites for hydroxylation is 1. The Labute approximate surface area is 186 Å². The van der Waals surface area contributed by atoms with E-state index in [2.05, 4.69) is 14.9 Å². The minimum Gasteiger partial charge on any atom is -0.348 e. The van der Waals surface area contributed by atoms with Gasteiger partial charge in [0.2, 0.25) is 5.91 Å². The Morgan fingerprint density at radius 2 is 2.00 bits per heavy atom. The highest BCUT2D eigenvalue weighted by Gasteiger charge is 2.31. The summed E-state index contributed by atoms with van der Waals surface area (Å²) in [6.45, 7) is 5.07. The minimum absolute atomic E-state index is 0.0500. The van der Waals surface area contributed by atoms with Gasteiger partial charge in [-0.25, -0.2) is 19.3 Å². The van der Waals surface area contributed by atoms with Crippen molar-refractivity contribution in [3.63, 3.8) is 0 Å². The number of benzene rings is 1. The number of carbonyl (C=O) groups is 1. The number of aromatic nitrogens is 4. The third-order valence-corrected chi connectivity index (χ3v) is 6.41. The zero-order chi connectivity index (χ0) is 22.1. The van der Waals surface area contributed by atoms with Crippen LogP contribution in [0.2, 0.25) is 0 Å². The van der Waals surface area contributed by atoms with Crippen LogP contribution in [0.5, 0.6) is 0 Å². The quantitative estimate of drug-likeness (QED) is 0.665. The molecular formula is C24H27FN6O. The van der Waals surface area contributed by atoms with Crippen LogP contribution in [-0.4, -0.2) is 43.8 Å². The maximum absolute atomic E-state index is 13.3. The molecule has 0 aliphatic carbocycles. The number of piperidine rings is 1. The predicted molar refractivity (Wildman–Crippen MR) is 119 cm³/mol. The zero-order valence-corrected chi connectivity index (χ0v) is 18.2. The number of likely N-dealkylation sites (tertiary alicyclic amines) is 1. The Balaban J connectivity index is 1.41. The first-order valence-electron chi connectivity index (χ1n) is 11.2. The monoisotopic (exact) mass is 434 g/mol. The molecule has 0 spiro atoms. The third kappa shape index (κ3) is 4.27. The second-order valence-electron chi connectivity index (χ2n) is 8.69. The van der Waals surface area contributed by atoms with Crippen LogP contribution in [0.3, 0.4) is 0 Å². The Hall–Kier alpha value is -3.13. The number of amides is 1. The lowest BCUT2D eigenvalue weighted by Gasteiger charge is -2.33. The molecule has 1 saturated heterocycles. The number of halogens is 1. The molecule has 0 radical (unpaired) electrons. The van der Waals surface area contributed by atoms with Crippen LogP contribution in [0.4, 0.5) is 10.2 Å². The molecule has 0 saturated carbocycles. The zero-order valence-electron chi connectivity index (χ0n) is 18.2. The molecule has 2 aliphatic heterocycles. The number of imidazole rings is 1. The summed E-state index contributed by atoms with van der Waals surface area (Å²) in [4.78, 5) is 34.3. The van der Waals surface area contributed by atoms with Gasteiger partial charge in [0.1, 0.15) is 23.3 Å². The number of rotatable bonds is 5. The molecule has 1 fully saturated rings. The van der Waals surface area contributed by atoms with Gasteiger partial charge in [0.15, 0.2) is 0 Å². The van der Waals surface area contributed by atoms with E-state index in [1.807, 2.05) is 13.1 Å². The molecule has 2 aliphatic rings. The fraction of sp³-hybridized carbons (Fsp3) is 0.417. The van der Waals surface area contributed by atoms with Gasteiger partial charge in [-0.1, -0.05) is 12.1 Å². The van der Waals surface area contributed by atoms with Crippen LogP contribution >= 0.6 is 0 Å². The number of aromatic amines is 1. The maximum Gasteiger partial charge on any atom is 0.228 e. The summed E-state index contributed by atoms with van der Waals surface area (Å²) in [6, 6.07) is 6.30. The van der Waals surface area contributed by atoms with Crippen LogP contribution in [0, 0.1) is 12.7 Å². The van der Waals surface area contributed by atoms with Crippen molar-refractivity contribution < 1.29 is 9.18 Å². The van der Waals surface area contributed by atoms with Gasteiger partial charge in [-0.2, -0.15) is 0 Å². The normalized spacial score (nSPS) is 19.2. The van der Waals surface area contributed by atoms with Crippen LogP contribution < -0.4 is 4.90 Å². The molecule has 1 unspecified atom stereocenters. The summed E-state index contributed by atoms with van der Waals surface area (Å²) in [5.74, 6) is 2.47. The van der Waals surface area contributed by atoms with Gasteiger partial charge in [0.25, 0.3) is 0 Å². The average Bonchev–Trinajstić information content (AvgIpc) is 3.30. The van der Waals surface area contributed by atoms with Gasteiger partial charge in [-0.15, -0.1) is 0 Å². The van der Waals surface area contributed by atoms with Crippen molar-refractivity contribution in [1.82, 2.24) is 24.8 Å². The summed E-state index contributed by atoms with van der Waals surface area (Å²) in [6.07, 6.45) is 6.83.